The lowest BCUT2D eigenvalue weighted by atomic mass is 9.95. The van der Waals surface area contributed by atoms with E-state index in [1.807, 2.05) is 0 Å². The minimum atomic E-state index is -1.08. The molecule has 5 rings (SSSR count). The van der Waals surface area contributed by atoms with Crippen LogP contribution in [0.1, 0.15) is 57.3 Å². The number of ketones is 1. The molecule has 10 nitrogen and oxygen atoms in total. The average molecular weight is 603 g/mol. The number of carbonyl (C=O) groups excluding carboxylic acids is 3. The number of aromatic nitrogens is 1. The number of carbonyl (C=O) groups is 3. The number of aliphatic hydroxyl groups is 1. The first-order chi connectivity index (χ1) is 20.8. The molecule has 0 saturated carbocycles. The Morgan fingerprint density at radius 2 is 1.98 bits per heavy atom. The van der Waals surface area contributed by atoms with Gasteiger partial charge in [-0.1, -0.05) is 61.6 Å². The van der Waals surface area contributed by atoms with Gasteiger partial charge in [-0.25, -0.2) is 9.78 Å². The molecule has 0 spiro atoms. The number of Topliss-reactive ketones (excluding diaryl/α,β-unsaturated/α-hetero) is 1. The van der Waals surface area contributed by atoms with Gasteiger partial charge >= 0.3 is 5.97 Å². The number of thiazole rings is 1. The van der Waals surface area contributed by atoms with Crippen LogP contribution in [0, 0.1) is 6.92 Å². The van der Waals surface area contributed by atoms with E-state index in [9.17, 15) is 19.5 Å². The lowest BCUT2D eigenvalue weighted by molar-refractivity contribution is -0.117. The molecule has 0 fully saturated rings. The molecule has 3 heterocycles. The minimum absolute atomic E-state index is 0.00668. The molecule has 2 aromatic carbocycles. The number of ether oxygens (including phenoxy) is 3. The summed E-state index contributed by atoms with van der Waals surface area (Å²) in [5.74, 6) is -1.91. The predicted molar refractivity (Wildman–Crippen MR) is 161 cm³/mol. The second kappa shape index (κ2) is 12.5. The van der Waals surface area contributed by atoms with Gasteiger partial charge in [-0.05, 0) is 43.2 Å². The molecule has 1 unspecified atom stereocenters. The summed E-state index contributed by atoms with van der Waals surface area (Å²) in [6.07, 6.45) is 3.32. The quantitative estimate of drug-likeness (QED) is 0.0835. The van der Waals surface area contributed by atoms with Crippen molar-refractivity contribution in [1.29, 1.82) is 0 Å². The molecule has 1 aliphatic heterocycles. The number of unbranched alkanes of at least 4 members (excludes halogenated alkanes) is 1. The fourth-order valence-electron chi connectivity index (χ4n) is 4.75. The van der Waals surface area contributed by atoms with E-state index in [2.05, 4.69) is 18.5 Å². The molecule has 0 radical (unpaired) electrons. The first-order valence-electron chi connectivity index (χ1n) is 13.6. The van der Waals surface area contributed by atoms with E-state index in [0.717, 1.165) is 24.2 Å². The summed E-state index contributed by atoms with van der Waals surface area (Å²) in [4.78, 5) is 46.1. The van der Waals surface area contributed by atoms with Crippen LogP contribution in [0.3, 0.4) is 0 Å². The lowest BCUT2D eigenvalue weighted by Gasteiger charge is -2.24. The third-order valence-corrected chi connectivity index (χ3v) is 8.01. The zero-order valence-electron chi connectivity index (χ0n) is 23.9. The van der Waals surface area contributed by atoms with E-state index in [1.54, 1.807) is 49.4 Å². The van der Waals surface area contributed by atoms with E-state index in [-0.39, 0.29) is 27.9 Å². The maximum atomic E-state index is 14.0. The molecule has 1 aliphatic rings. The third kappa shape index (κ3) is 5.63. The Bertz CT molecular complexity index is 1730. The summed E-state index contributed by atoms with van der Waals surface area (Å²) in [6, 6.07) is 12.6. The first kappa shape index (κ1) is 29.6. The molecule has 0 bridgehead atoms. The number of anilines is 1. The van der Waals surface area contributed by atoms with Crippen molar-refractivity contribution in [2.24, 2.45) is 0 Å². The predicted octanol–water partition coefficient (Wildman–Crippen LogP) is 6.51. The fraction of sp³-hybridized carbons (Fsp3) is 0.250. The number of benzene rings is 2. The highest BCUT2D eigenvalue weighted by atomic mass is 32.1. The Morgan fingerprint density at radius 1 is 1.21 bits per heavy atom. The number of fused-ring (bicyclic) bond motifs is 1. The van der Waals surface area contributed by atoms with Crippen molar-refractivity contribution in [2.45, 2.75) is 32.7 Å². The zero-order chi connectivity index (χ0) is 30.7. The monoisotopic (exact) mass is 602 g/mol. The molecule has 43 heavy (non-hydrogen) atoms. The van der Waals surface area contributed by atoms with Crippen molar-refractivity contribution in [1.82, 2.24) is 4.98 Å². The van der Waals surface area contributed by atoms with E-state index >= 15 is 0 Å². The van der Waals surface area contributed by atoms with Gasteiger partial charge in [0.25, 0.3) is 5.91 Å². The van der Waals surface area contributed by atoms with Gasteiger partial charge in [0.1, 0.15) is 17.2 Å². The van der Waals surface area contributed by atoms with Crippen molar-refractivity contribution in [3.05, 3.63) is 94.4 Å². The largest absolute Gasteiger partial charge is 0.503 e. The molecule has 11 heteroatoms. The van der Waals surface area contributed by atoms with Crippen LogP contribution in [0.25, 0.3) is 11.0 Å². The third-order valence-electron chi connectivity index (χ3n) is 6.88. The number of para-hydroxylation sites is 1. The number of amides is 1. The number of furan rings is 1. The average Bonchev–Trinajstić information content (AvgIpc) is 3.69. The van der Waals surface area contributed by atoms with Gasteiger partial charge in [-0.2, -0.15) is 0 Å². The summed E-state index contributed by atoms with van der Waals surface area (Å²) in [5.41, 5.74) is 1.02. The van der Waals surface area contributed by atoms with Crippen molar-refractivity contribution in [2.75, 3.05) is 25.2 Å². The topological polar surface area (TPSA) is 128 Å². The number of aryl methyl sites for hydroxylation is 1. The van der Waals surface area contributed by atoms with Crippen molar-refractivity contribution in [3.63, 3.8) is 0 Å². The molecule has 222 valence electrons. The first-order valence-corrected chi connectivity index (χ1v) is 14.5. The van der Waals surface area contributed by atoms with E-state index < -0.39 is 29.5 Å². The van der Waals surface area contributed by atoms with Crippen LogP contribution in [-0.2, 0) is 9.53 Å². The maximum Gasteiger partial charge on any atom is 0.350 e. The number of hydrogen-bond donors (Lipinski definition) is 1. The molecule has 4 aromatic rings. The van der Waals surface area contributed by atoms with E-state index in [4.69, 9.17) is 18.6 Å². The molecule has 0 aliphatic carbocycles. The number of nitrogens with zero attached hydrogens (tertiary/aromatic N) is 2. The summed E-state index contributed by atoms with van der Waals surface area (Å²) in [5, 5.41) is 11.9. The zero-order valence-corrected chi connectivity index (χ0v) is 24.7. The highest BCUT2D eigenvalue weighted by Crippen LogP contribution is 2.44. The standard InChI is InChI=1S/C32H30N2O8S/c1-5-7-16-40-21-13-11-19(12-14-21)25-24(26(35)23-17-20-9-8-10-22(39-4)28(20)42-23)27(36)30(37)34(25)32-33-18(3)29(43-32)31(38)41-15-6-2/h6,8-14,17,25,36H,2,5,7,15-16H2,1,3-4H3. The second-order valence-electron chi connectivity index (χ2n) is 9.73. The van der Waals surface area contributed by atoms with E-state index in [1.165, 1.54) is 24.2 Å². The van der Waals surface area contributed by atoms with Crippen molar-refractivity contribution >= 4 is 45.1 Å². The van der Waals surface area contributed by atoms with Crippen LogP contribution in [0.5, 0.6) is 11.5 Å². The highest BCUT2D eigenvalue weighted by molar-refractivity contribution is 7.17. The Morgan fingerprint density at radius 3 is 2.67 bits per heavy atom. The van der Waals surface area contributed by atoms with Crippen LogP contribution in [0.15, 0.2) is 76.9 Å². The normalized spacial score (nSPS) is 14.8. The molecule has 2 aromatic heterocycles. The van der Waals surface area contributed by atoms with Gasteiger partial charge in [0.15, 0.2) is 28.0 Å². The van der Waals surface area contributed by atoms with Gasteiger partial charge in [0.05, 0.1) is 31.0 Å². The maximum absolute atomic E-state index is 14.0. The SMILES string of the molecule is C=CCOC(=O)c1sc(N2C(=O)C(O)=C(C(=O)c3cc4cccc(OC)c4o3)C2c2ccc(OCCCC)cc2)nc1C. The van der Waals surface area contributed by atoms with Crippen molar-refractivity contribution < 1.29 is 38.1 Å². The smallest absolute Gasteiger partial charge is 0.350 e. The summed E-state index contributed by atoms with van der Waals surface area (Å²) < 4.78 is 22.2. The van der Waals surface area contributed by atoms with E-state index in [0.29, 0.717) is 40.3 Å². The lowest BCUT2D eigenvalue weighted by Crippen LogP contribution is -2.31. The van der Waals surface area contributed by atoms with Crippen molar-refractivity contribution in [3.8, 4) is 11.5 Å². The number of hydrogen-bond acceptors (Lipinski definition) is 10. The van der Waals surface area contributed by atoms with Crippen LogP contribution < -0.4 is 14.4 Å². The van der Waals surface area contributed by atoms with Gasteiger partial charge < -0.3 is 23.7 Å². The molecule has 1 amide bonds. The number of rotatable bonds is 12. The summed E-state index contributed by atoms with van der Waals surface area (Å²) in [7, 11) is 1.49. The van der Waals surface area contributed by atoms with Gasteiger partial charge in [-0.3, -0.25) is 14.5 Å². The Kier molecular flexibility index (Phi) is 8.63. The van der Waals surface area contributed by atoms with Gasteiger partial charge in [0.2, 0.25) is 5.78 Å². The molecular formula is C32H30N2O8S. The number of methoxy groups -OCH3 is 1. The molecule has 1 N–H and O–H groups in total. The van der Waals surface area contributed by atoms with Crippen LogP contribution in [0.4, 0.5) is 5.13 Å². The van der Waals surface area contributed by atoms with Gasteiger partial charge in [-0.15, -0.1) is 0 Å². The molecular weight excluding hydrogens is 572 g/mol. The van der Waals surface area contributed by atoms with Gasteiger partial charge in [0, 0.05) is 5.39 Å². The fourth-order valence-corrected chi connectivity index (χ4v) is 5.73. The summed E-state index contributed by atoms with van der Waals surface area (Å²) in [6.45, 7) is 7.79. The van der Waals surface area contributed by atoms with Crippen LogP contribution in [-0.4, -0.2) is 48.1 Å². The minimum Gasteiger partial charge on any atom is -0.503 e. The Labute approximate surface area is 251 Å². The summed E-state index contributed by atoms with van der Waals surface area (Å²) >= 11 is 0.926. The Hall–Kier alpha value is -4.90. The van der Waals surface area contributed by atoms with Crippen LogP contribution >= 0.6 is 11.3 Å². The number of esters is 1. The second-order valence-corrected chi connectivity index (χ2v) is 10.7. The number of aliphatic hydroxyl groups excluding tert-OH is 1. The molecule has 1 atom stereocenters. The Balaban J connectivity index is 1.58. The highest BCUT2D eigenvalue weighted by Gasteiger charge is 2.47. The molecule has 0 saturated heterocycles. The van der Waals surface area contributed by atoms with Crippen LogP contribution in [0.2, 0.25) is 0 Å².